The van der Waals surface area contributed by atoms with E-state index in [1.807, 2.05) is 0 Å². The van der Waals surface area contributed by atoms with Gasteiger partial charge in [-0.15, -0.1) is 0 Å². The second-order valence-corrected chi connectivity index (χ2v) is 6.71. The zero-order valence-corrected chi connectivity index (χ0v) is 16.9. The monoisotopic (exact) mass is 401 g/mol. The Bertz CT molecular complexity index is 1110. The quantitative estimate of drug-likeness (QED) is 0.762. The number of carbonyl (C=O) groups is 1. The van der Waals surface area contributed by atoms with Gasteiger partial charge in [0.2, 0.25) is 0 Å². The number of anilines is 1. The Labute approximate surface area is 167 Å². The van der Waals surface area contributed by atoms with Crippen LogP contribution in [0, 0.1) is 5.92 Å². The molecule has 0 saturated heterocycles. The molecule has 1 aliphatic heterocycles. The number of methoxy groups -OCH3 is 3. The molecule has 2 aromatic rings. The van der Waals surface area contributed by atoms with E-state index in [1.165, 1.54) is 32.9 Å². The van der Waals surface area contributed by atoms with Crippen LogP contribution in [0.1, 0.15) is 17.0 Å². The molecule has 0 spiro atoms. The summed E-state index contributed by atoms with van der Waals surface area (Å²) in [5.74, 6) is -0.924. The highest BCUT2D eigenvalue weighted by Crippen LogP contribution is 2.44. The maximum Gasteiger partial charge on any atom is 0.332 e. The summed E-state index contributed by atoms with van der Waals surface area (Å²) in [6, 6.07) is 5.14. The Morgan fingerprint density at radius 2 is 1.72 bits per heavy atom. The summed E-state index contributed by atoms with van der Waals surface area (Å²) in [6.45, 7) is 3.95. The Morgan fingerprint density at radius 3 is 2.31 bits per heavy atom. The van der Waals surface area contributed by atoms with Gasteiger partial charge < -0.3 is 19.5 Å². The van der Waals surface area contributed by atoms with Gasteiger partial charge in [0.15, 0.2) is 11.5 Å². The van der Waals surface area contributed by atoms with Crippen LogP contribution in [0.3, 0.4) is 0 Å². The van der Waals surface area contributed by atoms with E-state index in [0.29, 0.717) is 28.6 Å². The summed E-state index contributed by atoms with van der Waals surface area (Å²) in [5, 5.41) is 2.95. The minimum atomic E-state index is -0.879. The van der Waals surface area contributed by atoms with Crippen molar-refractivity contribution in [3.63, 3.8) is 0 Å². The van der Waals surface area contributed by atoms with Crippen LogP contribution in [0.5, 0.6) is 11.5 Å². The fourth-order valence-corrected chi connectivity index (χ4v) is 3.71. The van der Waals surface area contributed by atoms with Crippen LogP contribution >= 0.6 is 0 Å². The number of benzene rings is 1. The molecule has 3 rings (SSSR count). The van der Waals surface area contributed by atoms with Crippen LogP contribution in [0.25, 0.3) is 0 Å². The standard InChI is InChI=1S/C20H23N3O6/c1-10-14(19(25)29-6)15(11-7-8-12(27-4)13(9-11)28-5)16-17(21-10)22(2)20(26)23(3)18(16)24/h7-9,14-15,21H,1H2,2-6H3. The second-order valence-electron chi connectivity index (χ2n) is 6.71. The molecule has 29 heavy (non-hydrogen) atoms. The number of ether oxygens (including phenoxy) is 3. The fraction of sp³-hybridized carbons (Fsp3) is 0.350. The SMILES string of the molecule is C=C1Nc2c(c(=O)n(C)c(=O)n2C)C(c2ccc(OC)c(OC)c2)C1C(=O)OC. The van der Waals surface area contributed by atoms with Gasteiger partial charge in [-0.25, -0.2) is 4.79 Å². The zero-order chi connectivity index (χ0) is 21.5. The van der Waals surface area contributed by atoms with Gasteiger partial charge in [0, 0.05) is 25.7 Å². The maximum atomic E-state index is 13.1. The van der Waals surface area contributed by atoms with Crippen molar-refractivity contribution >= 4 is 11.8 Å². The first-order valence-corrected chi connectivity index (χ1v) is 8.82. The first-order chi connectivity index (χ1) is 13.8. The molecule has 2 heterocycles. The summed E-state index contributed by atoms with van der Waals surface area (Å²) >= 11 is 0. The molecule has 9 nitrogen and oxygen atoms in total. The summed E-state index contributed by atoms with van der Waals surface area (Å²) in [5.41, 5.74) is 0.225. The van der Waals surface area contributed by atoms with Gasteiger partial charge in [0.25, 0.3) is 5.56 Å². The van der Waals surface area contributed by atoms with Crippen LogP contribution in [-0.2, 0) is 23.6 Å². The number of hydrogen-bond donors (Lipinski definition) is 1. The van der Waals surface area contributed by atoms with Crippen LogP contribution in [-0.4, -0.2) is 36.4 Å². The second kappa shape index (κ2) is 7.50. The first-order valence-electron chi connectivity index (χ1n) is 8.82. The molecule has 9 heteroatoms. The van der Waals surface area contributed by atoms with Crippen LogP contribution in [0.2, 0.25) is 0 Å². The number of esters is 1. The van der Waals surface area contributed by atoms with Crippen LogP contribution < -0.4 is 26.0 Å². The molecule has 1 aromatic heterocycles. The predicted octanol–water partition coefficient (Wildman–Crippen LogP) is 0.961. The van der Waals surface area contributed by atoms with Crippen molar-refractivity contribution in [3.05, 3.63) is 62.4 Å². The molecular weight excluding hydrogens is 378 g/mol. The molecule has 0 saturated carbocycles. The van der Waals surface area contributed by atoms with Gasteiger partial charge in [-0.2, -0.15) is 0 Å². The lowest BCUT2D eigenvalue weighted by Crippen LogP contribution is -2.46. The average molecular weight is 401 g/mol. The summed E-state index contributed by atoms with van der Waals surface area (Å²) in [6.07, 6.45) is 0. The smallest absolute Gasteiger partial charge is 0.332 e. The van der Waals surface area contributed by atoms with E-state index in [2.05, 4.69) is 11.9 Å². The number of rotatable bonds is 4. The number of nitrogens with one attached hydrogen (secondary N) is 1. The van der Waals surface area contributed by atoms with E-state index in [0.717, 1.165) is 4.57 Å². The third kappa shape index (κ3) is 3.08. The highest BCUT2D eigenvalue weighted by Gasteiger charge is 2.42. The lowest BCUT2D eigenvalue weighted by Gasteiger charge is -2.35. The predicted molar refractivity (Wildman–Crippen MR) is 107 cm³/mol. The third-order valence-corrected chi connectivity index (χ3v) is 5.22. The molecule has 1 aromatic carbocycles. The maximum absolute atomic E-state index is 13.1. The van der Waals surface area contributed by atoms with Crippen molar-refractivity contribution in [3.8, 4) is 11.5 Å². The van der Waals surface area contributed by atoms with Crippen molar-refractivity contribution < 1.29 is 19.0 Å². The van der Waals surface area contributed by atoms with Crippen molar-refractivity contribution in [2.75, 3.05) is 26.6 Å². The average Bonchev–Trinajstić information content (AvgIpc) is 2.74. The molecule has 2 atom stereocenters. The number of carbonyl (C=O) groups excluding carboxylic acids is 1. The highest BCUT2D eigenvalue weighted by molar-refractivity contribution is 5.81. The molecule has 154 valence electrons. The number of fused-ring (bicyclic) bond motifs is 1. The molecule has 1 N–H and O–H groups in total. The third-order valence-electron chi connectivity index (χ3n) is 5.22. The molecule has 1 aliphatic rings. The Kier molecular flexibility index (Phi) is 5.23. The number of hydrogen-bond acceptors (Lipinski definition) is 7. The minimum Gasteiger partial charge on any atom is -0.493 e. The Morgan fingerprint density at radius 1 is 1.07 bits per heavy atom. The van der Waals surface area contributed by atoms with Crippen molar-refractivity contribution in [2.45, 2.75) is 5.92 Å². The van der Waals surface area contributed by atoms with E-state index in [1.54, 1.807) is 25.2 Å². The molecular formula is C20H23N3O6. The highest BCUT2D eigenvalue weighted by atomic mass is 16.5. The molecule has 0 radical (unpaired) electrons. The molecule has 0 aliphatic carbocycles. The summed E-state index contributed by atoms with van der Waals surface area (Å²) in [7, 11) is 7.23. The van der Waals surface area contributed by atoms with Gasteiger partial charge in [-0.1, -0.05) is 12.6 Å². The van der Waals surface area contributed by atoms with E-state index in [-0.39, 0.29) is 5.56 Å². The van der Waals surface area contributed by atoms with Gasteiger partial charge in [-0.05, 0) is 17.7 Å². The fourth-order valence-electron chi connectivity index (χ4n) is 3.71. The van der Waals surface area contributed by atoms with Gasteiger partial charge in [0.05, 0.1) is 26.9 Å². The molecule has 0 amide bonds. The van der Waals surface area contributed by atoms with E-state index >= 15 is 0 Å². The zero-order valence-electron chi connectivity index (χ0n) is 16.9. The lowest BCUT2D eigenvalue weighted by atomic mass is 9.77. The number of nitrogens with zero attached hydrogens (tertiary/aromatic N) is 2. The Hall–Kier alpha value is -3.49. The van der Waals surface area contributed by atoms with Crippen LogP contribution in [0.15, 0.2) is 40.1 Å². The normalized spacial score (nSPS) is 17.9. The minimum absolute atomic E-state index is 0.268. The van der Waals surface area contributed by atoms with E-state index in [4.69, 9.17) is 14.2 Å². The van der Waals surface area contributed by atoms with Crippen molar-refractivity contribution in [1.29, 1.82) is 0 Å². The van der Waals surface area contributed by atoms with Gasteiger partial charge in [0.1, 0.15) is 11.7 Å². The lowest BCUT2D eigenvalue weighted by molar-refractivity contribution is -0.144. The largest absolute Gasteiger partial charge is 0.493 e. The van der Waals surface area contributed by atoms with E-state index in [9.17, 15) is 14.4 Å². The van der Waals surface area contributed by atoms with Gasteiger partial charge in [-0.3, -0.25) is 18.7 Å². The van der Waals surface area contributed by atoms with Gasteiger partial charge >= 0.3 is 11.7 Å². The summed E-state index contributed by atoms with van der Waals surface area (Å²) in [4.78, 5) is 38.1. The first kappa shape index (κ1) is 20.2. The topological polar surface area (TPSA) is 101 Å². The van der Waals surface area contributed by atoms with Crippen molar-refractivity contribution in [2.24, 2.45) is 20.0 Å². The summed E-state index contributed by atoms with van der Waals surface area (Å²) < 4.78 is 18.0. The molecule has 2 unspecified atom stereocenters. The number of aromatic nitrogens is 2. The van der Waals surface area contributed by atoms with Crippen LogP contribution in [0.4, 0.5) is 5.82 Å². The van der Waals surface area contributed by atoms with Crippen molar-refractivity contribution in [1.82, 2.24) is 9.13 Å². The molecule has 0 bridgehead atoms. The Balaban J connectivity index is 2.38. The molecule has 0 fully saturated rings. The van der Waals surface area contributed by atoms with E-state index < -0.39 is 29.1 Å².